The molecule has 1 N–H and O–H groups in total. The van der Waals surface area contributed by atoms with E-state index in [0.717, 1.165) is 32.9 Å². The number of fused-ring (bicyclic) bond motifs is 1. The zero-order chi connectivity index (χ0) is 25.2. The van der Waals surface area contributed by atoms with Crippen molar-refractivity contribution in [2.24, 2.45) is 0 Å². The predicted octanol–water partition coefficient (Wildman–Crippen LogP) is 5.60. The largest absolute Gasteiger partial charge is 0.352 e. The molecule has 1 aliphatic heterocycles. The average molecular weight is 517 g/mol. The molecule has 6 nitrogen and oxygen atoms in total. The number of nitrogens with zero attached hydrogens (tertiary/aromatic N) is 3. The minimum Gasteiger partial charge on any atom is -0.352 e. The number of aromatic nitrogens is 2. The number of hydrogen-bond acceptors (Lipinski definition) is 5. The van der Waals surface area contributed by atoms with Gasteiger partial charge in [0.15, 0.2) is 0 Å². The zero-order valence-corrected chi connectivity index (χ0v) is 22.1. The highest BCUT2D eigenvalue weighted by atomic mass is 32.2. The Morgan fingerprint density at radius 1 is 1.11 bits per heavy atom. The standard InChI is InChI=1S/C28H28N4O2S2/c1-18(2)29-23(33)16-31-24(34)17-36-27(22-13-8-14-35-22)25-26(20-10-5-4-6-11-20)30-32(28(25)31)21-12-7-9-19(3)15-21/h4-15,18,27H,16-17H2,1-3H3,(H,29,33)/t27-/m0/s1. The maximum Gasteiger partial charge on any atom is 0.240 e. The molecule has 0 radical (unpaired) electrons. The summed E-state index contributed by atoms with van der Waals surface area (Å²) in [5.41, 5.74) is 4.70. The summed E-state index contributed by atoms with van der Waals surface area (Å²) in [7, 11) is 0. The molecule has 184 valence electrons. The van der Waals surface area contributed by atoms with Gasteiger partial charge in [0.1, 0.15) is 12.4 Å². The van der Waals surface area contributed by atoms with Gasteiger partial charge in [-0.3, -0.25) is 14.5 Å². The van der Waals surface area contributed by atoms with E-state index < -0.39 is 0 Å². The highest BCUT2D eigenvalue weighted by Crippen LogP contribution is 2.49. The van der Waals surface area contributed by atoms with Gasteiger partial charge in [-0.05, 0) is 49.9 Å². The fourth-order valence-electron chi connectivity index (χ4n) is 4.44. The van der Waals surface area contributed by atoms with E-state index in [0.29, 0.717) is 5.82 Å². The van der Waals surface area contributed by atoms with Crippen molar-refractivity contribution in [3.8, 4) is 16.9 Å². The second kappa shape index (κ2) is 10.3. The van der Waals surface area contributed by atoms with Crippen LogP contribution in [-0.2, 0) is 9.59 Å². The molecule has 0 unspecified atom stereocenters. The first-order valence-electron chi connectivity index (χ1n) is 11.9. The molecule has 2 aromatic heterocycles. The molecule has 0 bridgehead atoms. The van der Waals surface area contributed by atoms with Crippen molar-refractivity contribution in [1.82, 2.24) is 15.1 Å². The van der Waals surface area contributed by atoms with Gasteiger partial charge in [0.25, 0.3) is 0 Å². The first-order chi connectivity index (χ1) is 17.4. The molecule has 0 saturated carbocycles. The number of carbonyl (C=O) groups excluding carboxylic acids is 2. The molecular weight excluding hydrogens is 488 g/mol. The van der Waals surface area contributed by atoms with E-state index in [1.165, 1.54) is 0 Å². The number of thioether (sulfide) groups is 1. The van der Waals surface area contributed by atoms with Crippen molar-refractivity contribution in [3.05, 3.63) is 88.1 Å². The van der Waals surface area contributed by atoms with E-state index >= 15 is 0 Å². The first kappa shape index (κ1) is 24.3. The molecule has 0 fully saturated rings. The quantitative estimate of drug-likeness (QED) is 0.362. The Labute approximate surface area is 219 Å². The summed E-state index contributed by atoms with van der Waals surface area (Å²) < 4.78 is 1.84. The molecule has 1 atom stereocenters. The summed E-state index contributed by atoms with van der Waals surface area (Å²) in [5.74, 6) is 0.635. The number of hydrogen-bond donors (Lipinski definition) is 1. The average Bonchev–Trinajstić information content (AvgIpc) is 3.49. The number of anilines is 1. The Bertz CT molecular complexity index is 1380. The summed E-state index contributed by atoms with van der Waals surface area (Å²) in [6, 6.07) is 22.3. The van der Waals surface area contributed by atoms with E-state index in [-0.39, 0.29) is 35.4 Å². The van der Waals surface area contributed by atoms with E-state index in [1.807, 2.05) is 80.1 Å². The summed E-state index contributed by atoms with van der Waals surface area (Å²) >= 11 is 3.26. The van der Waals surface area contributed by atoms with Gasteiger partial charge in [-0.25, -0.2) is 4.68 Å². The molecule has 3 heterocycles. The van der Waals surface area contributed by atoms with Crippen LogP contribution < -0.4 is 10.2 Å². The predicted molar refractivity (Wildman–Crippen MR) is 148 cm³/mol. The van der Waals surface area contributed by atoms with Crippen molar-refractivity contribution in [3.63, 3.8) is 0 Å². The molecule has 1 aliphatic rings. The van der Waals surface area contributed by atoms with Crippen LogP contribution in [0.3, 0.4) is 0 Å². The van der Waals surface area contributed by atoms with Gasteiger partial charge in [-0.1, -0.05) is 48.5 Å². The number of nitrogens with one attached hydrogen (secondary N) is 1. The van der Waals surface area contributed by atoms with Crippen LogP contribution in [0.25, 0.3) is 16.9 Å². The summed E-state index contributed by atoms with van der Waals surface area (Å²) in [4.78, 5) is 29.3. The maximum atomic E-state index is 13.6. The zero-order valence-electron chi connectivity index (χ0n) is 20.5. The van der Waals surface area contributed by atoms with Gasteiger partial charge in [0.2, 0.25) is 11.8 Å². The van der Waals surface area contributed by atoms with Crippen LogP contribution in [0.5, 0.6) is 0 Å². The van der Waals surface area contributed by atoms with Crippen molar-refractivity contribution >= 4 is 40.7 Å². The Balaban J connectivity index is 1.79. The molecule has 36 heavy (non-hydrogen) atoms. The van der Waals surface area contributed by atoms with Crippen molar-refractivity contribution in [2.45, 2.75) is 32.1 Å². The lowest BCUT2D eigenvalue weighted by molar-refractivity contribution is -0.123. The molecule has 2 aromatic carbocycles. The molecule has 0 aliphatic carbocycles. The van der Waals surface area contributed by atoms with Gasteiger partial charge < -0.3 is 5.32 Å². The molecule has 4 aromatic rings. The molecule has 8 heteroatoms. The second-order valence-corrected chi connectivity index (χ2v) is 11.2. The monoisotopic (exact) mass is 516 g/mol. The minimum atomic E-state index is -0.192. The van der Waals surface area contributed by atoms with Crippen molar-refractivity contribution in [1.29, 1.82) is 0 Å². The number of carbonyl (C=O) groups is 2. The topological polar surface area (TPSA) is 67.2 Å². The number of aryl methyl sites for hydroxylation is 1. The van der Waals surface area contributed by atoms with Gasteiger partial charge in [-0.2, -0.15) is 5.10 Å². The lowest BCUT2D eigenvalue weighted by Gasteiger charge is -2.23. The maximum absolute atomic E-state index is 13.6. The highest BCUT2D eigenvalue weighted by Gasteiger charge is 2.38. The lowest BCUT2D eigenvalue weighted by Crippen LogP contribution is -2.44. The molecule has 0 saturated heterocycles. The third-order valence-electron chi connectivity index (χ3n) is 5.94. The number of thiophene rings is 1. The smallest absolute Gasteiger partial charge is 0.240 e. The van der Waals surface area contributed by atoms with Crippen LogP contribution in [0.2, 0.25) is 0 Å². The Morgan fingerprint density at radius 2 is 1.92 bits per heavy atom. The third kappa shape index (κ3) is 4.83. The van der Waals surface area contributed by atoms with Crippen LogP contribution in [0, 0.1) is 6.92 Å². The Morgan fingerprint density at radius 3 is 2.61 bits per heavy atom. The van der Waals surface area contributed by atoms with Crippen LogP contribution >= 0.6 is 23.1 Å². The van der Waals surface area contributed by atoms with E-state index in [9.17, 15) is 9.59 Å². The number of rotatable bonds is 6. The Hall–Kier alpha value is -3.36. The summed E-state index contributed by atoms with van der Waals surface area (Å²) in [6.45, 7) is 5.81. The normalized spacial score (nSPS) is 15.6. The number of benzene rings is 2. The van der Waals surface area contributed by atoms with Crippen LogP contribution in [0.1, 0.15) is 35.1 Å². The Kier molecular flexibility index (Phi) is 6.98. The van der Waals surface area contributed by atoms with Gasteiger partial charge in [0, 0.05) is 22.0 Å². The lowest BCUT2D eigenvalue weighted by atomic mass is 10.0. The van der Waals surface area contributed by atoms with Crippen molar-refractivity contribution < 1.29 is 9.59 Å². The SMILES string of the molecule is Cc1cccc(-n2nc(-c3ccccc3)c3c2N(CC(=O)NC(C)C)C(=O)CS[C@H]3c2cccs2)c1. The molecular formula is C28H28N4O2S2. The van der Waals surface area contributed by atoms with Crippen molar-refractivity contribution in [2.75, 3.05) is 17.2 Å². The third-order valence-corrected chi connectivity index (χ3v) is 8.26. The summed E-state index contributed by atoms with van der Waals surface area (Å²) in [5, 5.41) is 10.0. The fraction of sp³-hybridized carbons (Fsp3) is 0.250. The second-order valence-electron chi connectivity index (χ2n) is 9.11. The van der Waals surface area contributed by atoms with Crippen LogP contribution in [0.15, 0.2) is 72.1 Å². The van der Waals surface area contributed by atoms with Gasteiger partial charge in [0.05, 0.1) is 22.4 Å². The van der Waals surface area contributed by atoms with E-state index in [4.69, 9.17) is 5.10 Å². The van der Waals surface area contributed by atoms with E-state index in [2.05, 4.69) is 22.8 Å². The highest BCUT2D eigenvalue weighted by molar-refractivity contribution is 8.00. The van der Waals surface area contributed by atoms with Crippen LogP contribution in [-0.4, -0.2) is 39.9 Å². The fourth-order valence-corrected chi connectivity index (χ4v) is 6.62. The molecule has 2 amide bonds. The number of amides is 2. The molecule has 0 spiro atoms. The van der Waals surface area contributed by atoms with E-state index in [1.54, 1.807) is 28.0 Å². The van der Waals surface area contributed by atoms with Crippen LogP contribution in [0.4, 0.5) is 5.82 Å². The first-order valence-corrected chi connectivity index (χ1v) is 13.9. The van der Waals surface area contributed by atoms with Gasteiger partial charge in [-0.15, -0.1) is 23.1 Å². The summed E-state index contributed by atoms with van der Waals surface area (Å²) in [6.07, 6.45) is 0. The minimum absolute atomic E-state index is 0.0196. The molecule has 5 rings (SSSR count). The van der Waals surface area contributed by atoms with Gasteiger partial charge >= 0.3 is 0 Å².